The summed E-state index contributed by atoms with van der Waals surface area (Å²) in [4.78, 5) is 8.68. The van der Waals surface area contributed by atoms with Crippen LogP contribution in [0.4, 0.5) is 0 Å². The Morgan fingerprint density at radius 2 is 2.50 bits per heavy atom. The first-order chi connectivity index (χ1) is 4.58. The SMILES string of the molecule is O=P(O)(Cl)SC1CCCO1. The maximum Gasteiger partial charge on any atom is 0.346 e. The number of hydrogen-bond acceptors (Lipinski definition) is 3. The molecule has 0 saturated carbocycles. The molecule has 1 aliphatic heterocycles. The summed E-state index contributed by atoms with van der Waals surface area (Å²) in [5.74, 6) is -3.45. The maximum absolute atomic E-state index is 10.6. The van der Waals surface area contributed by atoms with Gasteiger partial charge in [0.2, 0.25) is 0 Å². The topological polar surface area (TPSA) is 46.5 Å². The molecule has 1 fully saturated rings. The molecule has 0 aromatic carbocycles. The van der Waals surface area contributed by atoms with Gasteiger partial charge in [-0.15, -0.1) is 0 Å². The zero-order chi connectivity index (χ0) is 7.61. The van der Waals surface area contributed by atoms with Crippen molar-refractivity contribution < 1.29 is 14.2 Å². The van der Waals surface area contributed by atoms with Gasteiger partial charge >= 0.3 is 5.92 Å². The van der Waals surface area contributed by atoms with Crippen LogP contribution < -0.4 is 0 Å². The quantitative estimate of drug-likeness (QED) is 0.698. The lowest BCUT2D eigenvalue weighted by Gasteiger charge is -2.07. The second-order valence-electron chi connectivity index (χ2n) is 2.00. The highest BCUT2D eigenvalue weighted by Crippen LogP contribution is 2.62. The summed E-state index contributed by atoms with van der Waals surface area (Å²) >= 11 is 5.93. The van der Waals surface area contributed by atoms with Crippen LogP contribution in [-0.4, -0.2) is 16.9 Å². The fraction of sp³-hybridized carbons (Fsp3) is 1.00. The Hall–Kier alpha value is 0.790. The van der Waals surface area contributed by atoms with Crippen LogP contribution in [0.5, 0.6) is 0 Å². The fourth-order valence-corrected chi connectivity index (χ4v) is 3.66. The smallest absolute Gasteiger partial charge is 0.346 e. The Bertz CT molecular complexity index is 153. The van der Waals surface area contributed by atoms with Gasteiger partial charge in [0, 0.05) is 6.61 Å². The lowest BCUT2D eigenvalue weighted by Crippen LogP contribution is -1.95. The Morgan fingerprint density at radius 1 is 1.80 bits per heavy atom. The minimum absolute atomic E-state index is 0.173. The normalized spacial score (nSPS) is 32.0. The summed E-state index contributed by atoms with van der Waals surface area (Å²) in [6.45, 7) is 0.675. The second-order valence-corrected chi connectivity index (χ2v) is 7.73. The molecule has 60 valence electrons. The van der Waals surface area contributed by atoms with Crippen molar-refractivity contribution in [2.24, 2.45) is 0 Å². The van der Waals surface area contributed by atoms with Crippen molar-refractivity contribution in [2.75, 3.05) is 6.61 Å². The van der Waals surface area contributed by atoms with Gasteiger partial charge in [0.25, 0.3) is 0 Å². The Labute approximate surface area is 68.1 Å². The van der Waals surface area contributed by atoms with Crippen LogP contribution in [0.25, 0.3) is 0 Å². The van der Waals surface area contributed by atoms with Crippen molar-refractivity contribution in [2.45, 2.75) is 18.3 Å². The van der Waals surface area contributed by atoms with Crippen molar-refractivity contribution >= 4 is 28.5 Å². The number of ether oxygens (including phenoxy) is 1. The molecule has 0 amide bonds. The molecule has 0 spiro atoms. The molecule has 0 bridgehead atoms. The number of hydrogen-bond donors (Lipinski definition) is 1. The van der Waals surface area contributed by atoms with E-state index in [1.807, 2.05) is 0 Å². The highest BCUT2D eigenvalue weighted by Gasteiger charge is 2.25. The van der Waals surface area contributed by atoms with E-state index >= 15 is 0 Å². The Kier molecular flexibility index (Phi) is 3.07. The molecular weight excluding hydrogens is 195 g/mol. The minimum atomic E-state index is -3.45. The lowest BCUT2D eigenvalue weighted by molar-refractivity contribution is 0.174. The molecule has 2 unspecified atom stereocenters. The van der Waals surface area contributed by atoms with E-state index in [1.54, 1.807) is 0 Å². The van der Waals surface area contributed by atoms with Gasteiger partial charge in [-0.05, 0) is 35.5 Å². The lowest BCUT2D eigenvalue weighted by atomic mass is 10.4. The summed E-state index contributed by atoms with van der Waals surface area (Å²) in [6, 6.07) is 0. The third kappa shape index (κ3) is 3.26. The highest BCUT2D eigenvalue weighted by atomic mass is 35.7. The van der Waals surface area contributed by atoms with E-state index in [4.69, 9.17) is 20.9 Å². The fourth-order valence-electron chi connectivity index (χ4n) is 0.776. The maximum atomic E-state index is 10.6. The number of halogens is 1. The van der Waals surface area contributed by atoms with E-state index in [-0.39, 0.29) is 5.44 Å². The van der Waals surface area contributed by atoms with Crippen molar-refractivity contribution in [3.8, 4) is 0 Å². The molecule has 2 atom stereocenters. The van der Waals surface area contributed by atoms with Crippen LogP contribution in [0.3, 0.4) is 0 Å². The van der Waals surface area contributed by atoms with E-state index in [2.05, 4.69) is 0 Å². The summed E-state index contributed by atoms with van der Waals surface area (Å²) in [5.41, 5.74) is -0.173. The third-order valence-corrected chi connectivity index (χ3v) is 4.21. The van der Waals surface area contributed by atoms with E-state index < -0.39 is 5.92 Å². The molecule has 1 N–H and O–H groups in total. The van der Waals surface area contributed by atoms with Gasteiger partial charge in [-0.3, -0.25) is 4.57 Å². The van der Waals surface area contributed by atoms with Crippen molar-refractivity contribution in [3.05, 3.63) is 0 Å². The molecule has 0 aromatic heterocycles. The molecule has 0 aliphatic carbocycles. The van der Waals surface area contributed by atoms with Crippen LogP contribution in [0, 0.1) is 0 Å². The zero-order valence-corrected chi connectivity index (χ0v) is 7.66. The first-order valence-corrected chi connectivity index (χ1v) is 6.95. The minimum Gasteiger partial charge on any atom is -0.367 e. The summed E-state index contributed by atoms with van der Waals surface area (Å²) < 4.78 is 15.6. The molecule has 1 heterocycles. The van der Waals surface area contributed by atoms with Gasteiger partial charge < -0.3 is 9.63 Å². The van der Waals surface area contributed by atoms with Crippen molar-refractivity contribution in [1.82, 2.24) is 0 Å². The van der Waals surface area contributed by atoms with Gasteiger partial charge in [-0.1, -0.05) is 0 Å². The molecule has 3 nitrogen and oxygen atoms in total. The molecule has 0 aromatic rings. The average Bonchev–Trinajstić information content (AvgIpc) is 2.12. The van der Waals surface area contributed by atoms with Crippen LogP contribution >= 0.6 is 28.5 Å². The predicted octanol–water partition coefficient (Wildman–Crippen LogP) is 2.20. The zero-order valence-electron chi connectivity index (χ0n) is 5.20. The van der Waals surface area contributed by atoms with E-state index in [0.29, 0.717) is 6.61 Å². The van der Waals surface area contributed by atoms with Crippen LogP contribution in [-0.2, 0) is 9.30 Å². The van der Waals surface area contributed by atoms with Gasteiger partial charge in [0.15, 0.2) is 0 Å². The average molecular weight is 203 g/mol. The van der Waals surface area contributed by atoms with Crippen LogP contribution in [0.1, 0.15) is 12.8 Å². The molecule has 1 saturated heterocycles. The van der Waals surface area contributed by atoms with E-state index in [9.17, 15) is 4.57 Å². The van der Waals surface area contributed by atoms with Gasteiger partial charge in [-0.25, -0.2) is 0 Å². The first-order valence-electron chi connectivity index (χ1n) is 2.90. The molecular formula is C4H8ClO3PS. The van der Waals surface area contributed by atoms with Crippen molar-refractivity contribution in [1.29, 1.82) is 0 Å². The van der Waals surface area contributed by atoms with Crippen molar-refractivity contribution in [3.63, 3.8) is 0 Å². The van der Waals surface area contributed by atoms with Gasteiger partial charge in [0.1, 0.15) is 5.44 Å². The molecule has 6 heteroatoms. The largest absolute Gasteiger partial charge is 0.367 e. The Morgan fingerprint density at radius 3 is 2.90 bits per heavy atom. The molecule has 0 radical (unpaired) electrons. The van der Waals surface area contributed by atoms with Crippen LogP contribution in [0.15, 0.2) is 0 Å². The van der Waals surface area contributed by atoms with E-state index in [0.717, 1.165) is 24.2 Å². The molecule has 1 aliphatic rings. The standard InChI is InChI=1S/C4H8ClO3PS/c5-9(6,7)10-4-2-1-3-8-4/h4H,1-3H2,(H,6,7). The molecule has 10 heavy (non-hydrogen) atoms. The summed E-state index contributed by atoms with van der Waals surface area (Å²) in [5, 5.41) is 0. The van der Waals surface area contributed by atoms with Gasteiger partial charge in [0.05, 0.1) is 0 Å². The summed E-state index contributed by atoms with van der Waals surface area (Å²) in [6.07, 6.45) is 1.77. The van der Waals surface area contributed by atoms with Crippen LogP contribution in [0.2, 0.25) is 0 Å². The monoisotopic (exact) mass is 202 g/mol. The third-order valence-electron chi connectivity index (χ3n) is 1.14. The number of rotatable bonds is 2. The van der Waals surface area contributed by atoms with E-state index in [1.165, 1.54) is 0 Å². The molecule has 1 rings (SSSR count). The second kappa shape index (κ2) is 3.46. The predicted molar refractivity (Wildman–Crippen MR) is 42.2 cm³/mol. The Balaban J connectivity index is 2.31. The van der Waals surface area contributed by atoms with Gasteiger partial charge in [-0.2, -0.15) is 0 Å². The highest BCUT2D eigenvalue weighted by molar-refractivity contribution is 8.63. The summed E-state index contributed by atoms with van der Waals surface area (Å²) in [7, 11) is 0. The first kappa shape index (κ1) is 8.88.